The topological polar surface area (TPSA) is 85.0 Å². The van der Waals surface area contributed by atoms with Gasteiger partial charge in [0.1, 0.15) is 12.1 Å². The maximum atomic E-state index is 12.8. The number of halogens is 3. The van der Waals surface area contributed by atoms with Crippen molar-refractivity contribution in [2.45, 2.75) is 39.5 Å². The number of hydrogen-bond donors (Lipinski definition) is 0. The van der Waals surface area contributed by atoms with Crippen LogP contribution < -0.4 is 9.64 Å². The summed E-state index contributed by atoms with van der Waals surface area (Å²) in [5.74, 6) is 1.05. The molecule has 1 aromatic heterocycles. The molecule has 0 unspecified atom stereocenters. The minimum Gasteiger partial charge on any atom is -0.406 e. The molecule has 3 aromatic carbocycles. The van der Waals surface area contributed by atoms with Crippen molar-refractivity contribution in [1.82, 2.24) is 14.8 Å². The van der Waals surface area contributed by atoms with Gasteiger partial charge >= 0.3 is 12.4 Å². The molecule has 0 saturated carbocycles. The zero-order chi connectivity index (χ0) is 30.4. The summed E-state index contributed by atoms with van der Waals surface area (Å²) in [5.41, 5.74) is 5.19. The zero-order valence-corrected chi connectivity index (χ0v) is 24.4. The van der Waals surface area contributed by atoms with Crippen molar-refractivity contribution in [2.24, 2.45) is 9.98 Å². The molecule has 0 atom stereocenters. The number of para-hydroxylation sites is 1. The van der Waals surface area contributed by atoms with Gasteiger partial charge < -0.3 is 9.64 Å². The number of alkyl halides is 3. The fraction of sp³-hybridized carbons (Fsp3) is 0.258. The molecule has 0 aliphatic carbocycles. The molecule has 2 heterocycles. The fourth-order valence-electron chi connectivity index (χ4n) is 4.65. The predicted octanol–water partition coefficient (Wildman–Crippen LogP) is 7.52. The Morgan fingerprint density at radius 3 is 2.51 bits per heavy atom. The summed E-state index contributed by atoms with van der Waals surface area (Å²) in [5, 5.41) is 5.11. The molecule has 5 rings (SSSR count). The van der Waals surface area contributed by atoms with Crippen molar-refractivity contribution in [2.75, 3.05) is 17.2 Å². The fourth-order valence-corrected chi connectivity index (χ4v) is 5.59. The van der Waals surface area contributed by atoms with Crippen LogP contribution in [0.4, 0.5) is 23.7 Å². The number of hydrogen-bond acceptors (Lipinski definition) is 5. The lowest BCUT2D eigenvalue weighted by molar-refractivity contribution is -0.274. The number of carbonyl (C=O) groups is 1. The van der Waals surface area contributed by atoms with E-state index in [4.69, 9.17) is 0 Å². The Kier molecular flexibility index (Phi) is 9.24. The average molecular weight is 607 g/mol. The summed E-state index contributed by atoms with van der Waals surface area (Å²) in [6.45, 7) is 4.73. The van der Waals surface area contributed by atoms with Gasteiger partial charge in [-0.05, 0) is 61.2 Å². The van der Waals surface area contributed by atoms with E-state index < -0.39 is 12.4 Å². The van der Waals surface area contributed by atoms with E-state index in [0.29, 0.717) is 28.8 Å². The smallest absolute Gasteiger partial charge is 0.406 e. The van der Waals surface area contributed by atoms with Gasteiger partial charge in [0.05, 0.1) is 5.69 Å². The number of urea groups is 1. The lowest BCUT2D eigenvalue weighted by Gasteiger charge is -2.30. The normalized spacial score (nSPS) is 15.1. The average Bonchev–Trinajstić information content (AvgIpc) is 3.48. The largest absolute Gasteiger partial charge is 0.573 e. The summed E-state index contributed by atoms with van der Waals surface area (Å²) >= 11 is 1.57. The second-order valence-corrected chi connectivity index (χ2v) is 10.9. The lowest BCUT2D eigenvalue weighted by Crippen LogP contribution is -2.35. The third kappa shape index (κ3) is 7.89. The summed E-state index contributed by atoms with van der Waals surface area (Å²) in [6.07, 6.45) is -0.887. The Bertz CT molecular complexity index is 1630. The van der Waals surface area contributed by atoms with E-state index in [-0.39, 0.29) is 5.75 Å². The molecule has 1 aliphatic heterocycles. The number of aromatic nitrogens is 3. The van der Waals surface area contributed by atoms with Gasteiger partial charge in [-0.2, -0.15) is 4.99 Å². The molecule has 2 amide bonds. The number of benzene rings is 3. The van der Waals surface area contributed by atoms with Gasteiger partial charge in [-0.1, -0.05) is 61.2 Å². The van der Waals surface area contributed by atoms with E-state index in [1.165, 1.54) is 40.8 Å². The number of amidine groups is 1. The minimum absolute atomic E-state index is 0.312. The van der Waals surface area contributed by atoms with E-state index in [0.717, 1.165) is 42.0 Å². The van der Waals surface area contributed by atoms with Gasteiger partial charge in [0.15, 0.2) is 11.0 Å². The van der Waals surface area contributed by atoms with Gasteiger partial charge in [-0.25, -0.2) is 19.5 Å². The first-order chi connectivity index (χ1) is 20.7. The second-order valence-electron chi connectivity index (χ2n) is 9.79. The highest BCUT2D eigenvalue weighted by Gasteiger charge is 2.31. The minimum atomic E-state index is -4.75. The maximum absolute atomic E-state index is 12.8. The van der Waals surface area contributed by atoms with Gasteiger partial charge in [-0.3, -0.25) is 0 Å². The predicted molar refractivity (Wildman–Crippen MR) is 163 cm³/mol. The first kappa shape index (κ1) is 30.0. The highest BCUT2D eigenvalue weighted by atomic mass is 32.2. The molecule has 0 radical (unpaired) electrons. The van der Waals surface area contributed by atoms with Crippen molar-refractivity contribution >= 4 is 34.4 Å². The number of amides is 2. The van der Waals surface area contributed by atoms with Crippen LogP contribution in [0.3, 0.4) is 0 Å². The Labute approximate surface area is 251 Å². The van der Waals surface area contributed by atoms with Crippen LogP contribution in [-0.4, -0.2) is 50.3 Å². The molecule has 0 bridgehead atoms. The lowest BCUT2D eigenvalue weighted by atomic mass is 10.1. The van der Waals surface area contributed by atoms with Crippen molar-refractivity contribution in [1.29, 1.82) is 0 Å². The molecule has 43 heavy (non-hydrogen) atoms. The van der Waals surface area contributed by atoms with Crippen LogP contribution in [-0.2, 0) is 12.8 Å². The number of anilines is 1. The molecule has 12 heteroatoms. The summed E-state index contributed by atoms with van der Waals surface area (Å²) < 4.78 is 42.6. The number of nitrogens with zero attached hydrogens (tertiary/aromatic N) is 6. The summed E-state index contributed by atoms with van der Waals surface area (Å²) in [4.78, 5) is 27.8. The number of rotatable bonds is 7. The molecule has 1 aliphatic rings. The van der Waals surface area contributed by atoms with Crippen LogP contribution >= 0.6 is 11.8 Å². The maximum Gasteiger partial charge on any atom is 0.573 e. The van der Waals surface area contributed by atoms with Crippen molar-refractivity contribution in [3.05, 3.63) is 90.3 Å². The van der Waals surface area contributed by atoms with Crippen molar-refractivity contribution in [3.63, 3.8) is 0 Å². The van der Waals surface area contributed by atoms with Crippen LogP contribution in [0.1, 0.15) is 31.4 Å². The van der Waals surface area contributed by atoms with Crippen LogP contribution in [0.2, 0.25) is 0 Å². The van der Waals surface area contributed by atoms with Gasteiger partial charge in [0.25, 0.3) is 0 Å². The monoisotopic (exact) mass is 606 g/mol. The third-order valence-corrected chi connectivity index (χ3v) is 7.69. The molecular formula is C31H29F3N6O2S. The van der Waals surface area contributed by atoms with E-state index >= 15 is 0 Å². The molecule has 1 saturated heterocycles. The zero-order valence-electron chi connectivity index (χ0n) is 23.6. The van der Waals surface area contributed by atoms with Crippen LogP contribution in [0.5, 0.6) is 5.75 Å². The van der Waals surface area contributed by atoms with Crippen molar-refractivity contribution in [3.8, 4) is 22.8 Å². The number of aliphatic imine (C=N–C) groups is 2. The Balaban J connectivity index is 1.23. The quantitative estimate of drug-likeness (QED) is 0.202. The molecular weight excluding hydrogens is 577 g/mol. The van der Waals surface area contributed by atoms with Crippen LogP contribution in [0.25, 0.3) is 17.1 Å². The summed E-state index contributed by atoms with van der Waals surface area (Å²) in [6, 6.07) is 20.6. The Morgan fingerprint density at radius 1 is 1.05 bits per heavy atom. The summed E-state index contributed by atoms with van der Waals surface area (Å²) in [7, 11) is 0. The second kappa shape index (κ2) is 13.2. The van der Waals surface area contributed by atoms with Crippen LogP contribution in [0.15, 0.2) is 89.1 Å². The molecule has 8 nitrogen and oxygen atoms in total. The first-order valence-electron chi connectivity index (χ1n) is 13.7. The molecule has 0 spiro atoms. The van der Waals surface area contributed by atoms with Gasteiger partial charge in [0.2, 0.25) is 0 Å². The van der Waals surface area contributed by atoms with Crippen LogP contribution in [0, 0.1) is 0 Å². The third-order valence-electron chi connectivity index (χ3n) is 6.63. The first-order valence-corrected chi connectivity index (χ1v) is 14.7. The van der Waals surface area contributed by atoms with Crippen molar-refractivity contribution < 1.29 is 22.7 Å². The van der Waals surface area contributed by atoms with Gasteiger partial charge in [0, 0.05) is 35.7 Å². The van der Waals surface area contributed by atoms with E-state index in [1.807, 2.05) is 36.4 Å². The van der Waals surface area contributed by atoms with Gasteiger partial charge in [-0.15, -0.1) is 18.3 Å². The standard InChI is InChI=1S/C31H29F3N6O2S/c1-3-23-7-4-5-8-27(23)39-17-6-18-43-30(39)37-29(41)36-21(2)19-22-9-11-24(12-10-22)28-35-20-40(38-28)25-13-15-26(16-14-25)42-31(32,33)34/h4-5,7-16,20H,3,6,17-19H2,1-2H3. The molecule has 1 fully saturated rings. The number of carbonyl (C=O) groups excluding carboxylic acids is 1. The Morgan fingerprint density at radius 2 is 1.79 bits per heavy atom. The van der Waals surface area contributed by atoms with E-state index in [1.54, 1.807) is 18.7 Å². The Hall–Kier alpha value is -4.45. The molecule has 4 aromatic rings. The molecule has 222 valence electrons. The SMILES string of the molecule is CCc1ccccc1N1CCCSC1=NC(=O)N=C(C)Cc1ccc(-c2ncn(-c3ccc(OC(F)(F)F)cc3)n2)cc1. The number of aryl methyl sites for hydroxylation is 1. The number of ether oxygens (including phenoxy) is 1. The molecule has 0 N–H and O–H groups in total. The van der Waals surface area contributed by atoms with E-state index in [2.05, 4.69) is 48.8 Å². The van der Waals surface area contributed by atoms with E-state index in [9.17, 15) is 18.0 Å². The highest BCUT2D eigenvalue weighted by Crippen LogP contribution is 2.29. The number of thioether (sulfide) groups is 1. The highest BCUT2D eigenvalue weighted by molar-refractivity contribution is 8.14.